The van der Waals surface area contributed by atoms with Gasteiger partial charge in [0, 0.05) is 11.8 Å². The second-order valence-electron chi connectivity index (χ2n) is 7.63. The molecule has 0 radical (unpaired) electrons. The molecule has 3 aromatic carbocycles. The molecule has 144 valence electrons. The topological polar surface area (TPSA) is 39.8 Å². The van der Waals surface area contributed by atoms with Crippen LogP contribution < -0.4 is 0 Å². The highest BCUT2D eigenvalue weighted by Gasteiger charge is 2.40. The minimum absolute atomic E-state index is 0.102. The minimum Gasteiger partial charge on any atom is -0.332 e. The van der Waals surface area contributed by atoms with Gasteiger partial charge in [-0.05, 0) is 29.8 Å². The largest absolute Gasteiger partial charge is 0.332 e. The van der Waals surface area contributed by atoms with E-state index in [0.29, 0.717) is 0 Å². The van der Waals surface area contributed by atoms with E-state index in [1.807, 2.05) is 85.1 Å². The number of Topliss-reactive ketones (excluding diaryl/α,β-unsaturated/α-hetero) is 1. The SMILES string of the molecule is O=C(c1ccccc1)[C@H]1[C@H](c2ccccc2)n2c(nc3ccccc32)-c2cccn21. The van der Waals surface area contributed by atoms with Crippen molar-refractivity contribution in [2.75, 3.05) is 0 Å². The van der Waals surface area contributed by atoms with Crippen molar-refractivity contribution in [3.63, 3.8) is 0 Å². The molecule has 0 spiro atoms. The summed E-state index contributed by atoms with van der Waals surface area (Å²) in [6.45, 7) is 0. The Hall–Kier alpha value is -3.92. The number of benzene rings is 3. The summed E-state index contributed by atoms with van der Waals surface area (Å²) in [5, 5.41) is 0. The lowest BCUT2D eigenvalue weighted by Gasteiger charge is -2.35. The third kappa shape index (κ3) is 2.40. The standard InChI is InChI=1S/C26H19N3O/c30-25(19-12-5-2-6-13-19)24-23(18-10-3-1-4-11-18)29-21-15-8-7-14-20(21)27-26(29)22-16-9-17-28(22)24/h1-17,23-24H/t23-,24+/m0/s1. The van der Waals surface area contributed by atoms with Crippen LogP contribution in [0, 0.1) is 0 Å². The van der Waals surface area contributed by atoms with Gasteiger partial charge in [-0.25, -0.2) is 4.98 Å². The highest BCUT2D eigenvalue weighted by atomic mass is 16.1. The van der Waals surface area contributed by atoms with Crippen molar-refractivity contribution in [2.45, 2.75) is 12.1 Å². The molecule has 0 fully saturated rings. The van der Waals surface area contributed by atoms with Crippen LogP contribution >= 0.6 is 0 Å². The Labute approximate surface area is 174 Å². The normalized spacial score (nSPS) is 17.5. The van der Waals surface area contributed by atoms with E-state index in [9.17, 15) is 4.79 Å². The van der Waals surface area contributed by atoms with Crippen LogP contribution in [0.1, 0.15) is 28.0 Å². The molecule has 3 heterocycles. The predicted octanol–water partition coefficient (Wildman–Crippen LogP) is 5.53. The lowest BCUT2D eigenvalue weighted by atomic mass is 9.90. The fourth-order valence-corrected chi connectivity index (χ4v) is 4.65. The molecule has 2 aromatic heterocycles. The Kier molecular flexibility index (Phi) is 3.71. The van der Waals surface area contributed by atoms with Crippen molar-refractivity contribution in [3.8, 4) is 11.5 Å². The minimum atomic E-state index is -0.398. The number of aromatic nitrogens is 3. The molecular formula is C26H19N3O. The molecule has 0 N–H and O–H groups in total. The number of imidazole rings is 1. The summed E-state index contributed by atoms with van der Waals surface area (Å²) in [4.78, 5) is 18.8. The Balaban J connectivity index is 1.67. The second-order valence-corrected chi connectivity index (χ2v) is 7.63. The molecule has 6 rings (SSSR count). The molecule has 0 aliphatic carbocycles. The summed E-state index contributed by atoms with van der Waals surface area (Å²) < 4.78 is 4.33. The molecule has 1 aliphatic heterocycles. The second kappa shape index (κ2) is 6.56. The summed E-state index contributed by atoms with van der Waals surface area (Å²) in [7, 11) is 0. The van der Waals surface area contributed by atoms with Crippen molar-refractivity contribution in [3.05, 3.63) is 114 Å². The van der Waals surface area contributed by atoms with Crippen LogP contribution in [0.25, 0.3) is 22.6 Å². The van der Waals surface area contributed by atoms with Crippen molar-refractivity contribution < 1.29 is 4.79 Å². The first-order valence-corrected chi connectivity index (χ1v) is 10.1. The summed E-state index contributed by atoms with van der Waals surface area (Å²) >= 11 is 0. The highest BCUT2D eigenvalue weighted by molar-refractivity contribution is 6.00. The number of para-hydroxylation sites is 2. The number of carbonyl (C=O) groups excluding carboxylic acids is 1. The summed E-state index contributed by atoms with van der Waals surface area (Å²) in [5.74, 6) is 0.998. The first kappa shape index (κ1) is 17.0. The van der Waals surface area contributed by atoms with E-state index in [-0.39, 0.29) is 11.8 Å². The number of hydrogen-bond acceptors (Lipinski definition) is 2. The van der Waals surface area contributed by atoms with Gasteiger partial charge in [0.25, 0.3) is 0 Å². The van der Waals surface area contributed by atoms with E-state index in [2.05, 4.69) is 27.3 Å². The molecule has 0 saturated heterocycles. The first-order chi connectivity index (χ1) is 14.8. The van der Waals surface area contributed by atoms with Gasteiger partial charge >= 0.3 is 0 Å². The number of carbonyl (C=O) groups is 1. The average molecular weight is 389 g/mol. The zero-order valence-electron chi connectivity index (χ0n) is 16.2. The van der Waals surface area contributed by atoms with Crippen LogP contribution in [-0.4, -0.2) is 19.9 Å². The van der Waals surface area contributed by atoms with Gasteiger partial charge in [-0.15, -0.1) is 0 Å². The zero-order chi connectivity index (χ0) is 20.1. The van der Waals surface area contributed by atoms with Crippen molar-refractivity contribution >= 4 is 16.8 Å². The van der Waals surface area contributed by atoms with Crippen LogP contribution in [0.2, 0.25) is 0 Å². The summed E-state index contributed by atoms with van der Waals surface area (Å²) in [6, 6.07) is 31.4. The molecule has 5 aromatic rings. The quantitative estimate of drug-likeness (QED) is 0.381. The molecule has 30 heavy (non-hydrogen) atoms. The molecular weight excluding hydrogens is 370 g/mol. The summed E-state index contributed by atoms with van der Waals surface area (Å²) in [6.07, 6.45) is 2.00. The van der Waals surface area contributed by atoms with Crippen LogP contribution in [0.5, 0.6) is 0 Å². The van der Waals surface area contributed by atoms with Crippen LogP contribution in [0.15, 0.2) is 103 Å². The van der Waals surface area contributed by atoms with E-state index in [1.54, 1.807) is 0 Å². The fraction of sp³-hybridized carbons (Fsp3) is 0.0769. The average Bonchev–Trinajstić information content (AvgIpc) is 3.44. The maximum absolute atomic E-state index is 13.9. The molecule has 0 amide bonds. The Morgan fingerprint density at radius 3 is 2.27 bits per heavy atom. The van der Waals surface area contributed by atoms with E-state index in [0.717, 1.165) is 33.7 Å². The van der Waals surface area contributed by atoms with Gasteiger partial charge in [-0.3, -0.25) is 4.79 Å². The van der Waals surface area contributed by atoms with Crippen molar-refractivity contribution in [1.29, 1.82) is 0 Å². The van der Waals surface area contributed by atoms with E-state index >= 15 is 0 Å². The van der Waals surface area contributed by atoms with Crippen molar-refractivity contribution in [1.82, 2.24) is 14.1 Å². The molecule has 0 bridgehead atoms. The van der Waals surface area contributed by atoms with Crippen LogP contribution in [0.4, 0.5) is 0 Å². The Morgan fingerprint density at radius 1 is 0.767 bits per heavy atom. The maximum Gasteiger partial charge on any atom is 0.188 e. The number of nitrogens with zero attached hydrogens (tertiary/aromatic N) is 3. The predicted molar refractivity (Wildman–Crippen MR) is 118 cm³/mol. The zero-order valence-corrected chi connectivity index (χ0v) is 16.2. The van der Waals surface area contributed by atoms with E-state index < -0.39 is 6.04 Å². The highest BCUT2D eigenvalue weighted by Crippen LogP contribution is 2.44. The molecule has 0 unspecified atom stereocenters. The molecule has 1 aliphatic rings. The van der Waals surface area contributed by atoms with Gasteiger partial charge in [-0.2, -0.15) is 0 Å². The first-order valence-electron chi connectivity index (χ1n) is 10.1. The molecule has 4 heteroatoms. The smallest absolute Gasteiger partial charge is 0.188 e. The maximum atomic E-state index is 13.9. The van der Waals surface area contributed by atoms with Gasteiger partial charge in [0.15, 0.2) is 11.6 Å². The van der Waals surface area contributed by atoms with E-state index in [4.69, 9.17) is 4.98 Å². The van der Waals surface area contributed by atoms with Crippen molar-refractivity contribution in [2.24, 2.45) is 0 Å². The number of fused-ring (bicyclic) bond motifs is 5. The van der Waals surface area contributed by atoms with Crippen LogP contribution in [0.3, 0.4) is 0 Å². The molecule has 0 saturated carbocycles. The van der Waals surface area contributed by atoms with Gasteiger partial charge in [0.1, 0.15) is 6.04 Å². The van der Waals surface area contributed by atoms with E-state index in [1.165, 1.54) is 0 Å². The molecule has 4 nitrogen and oxygen atoms in total. The fourth-order valence-electron chi connectivity index (χ4n) is 4.65. The Bertz CT molecular complexity index is 1370. The van der Waals surface area contributed by atoms with Gasteiger partial charge in [-0.1, -0.05) is 72.8 Å². The lowest BCUT2D eigenvalue weighted by Crippen LogP contribution is -2.34. The van der Waals surface area contributed by atoms with Crippen LogP contribution in [-0.2, 0) is 0 Å². The van der Waals surface area contributed by atoms with Gasteiger partial charge < -0.3 is 9.13 Å². The third-order valence-electron chi connectivity index (χ3n) is 5.95. The monoisotopic (exact) mass is 389 g/mol. The molecule has 2 atom stereocenters. The Morgan fingerprint density at radius 2 is 1.47 bits per heavy atom. The summed E-state index contributed by atoms with van der Waals surface area (Å²) in [5.41, 5.74) is 4.76. The number of rotatable bonds is 3. The number of hydrogen-bond donors (Lipinski definition) is 0. The lowest BCUT2D eigenvalue weighted by molar-refractivity contribution is 0.0895. The van der Waals surface area contributed by atoms with Gasteiger partial charge in [0.2, 0.25) is 0 Å². The number of ketones is 1. The van der Waals surface area contributed by atoms with Gasteiger partial charge in [0.05, 0.1) is 22.8 Å². The third-order valence-corrected chi connectivity index (χ3v) is 5.95.